The lowest BCUT2D eigenvalue weighted by atomic mass is 10.2. The van der Waals surface area contributed by atoms with Gasteiger partial charge in [-0.3, -0.25) is 4.99 Å². The molecule has 6 nitrogen and oxygen atoms in total. The predicted octanol–water partition coefficient (Wildman–Crippen LogP) is 2.25. The maximum absolute atomic E-state index is 12.1. The van der Waals surface area contributed by atoms with Crippen LogP contribution in [0.4, 0.5) is 0 Å². The van der Waals surface area contributed by atoms with Gasteiger partial charge >= 0.3 is 0 Å². The summed E-state index contributed by atoms with van der Waals surface area (Å²) in [6.45, 7) is 9.99. The molecule has 1 fully saturated rings. The zero-order valence-corrected chi connectivity index (χ0v) is 19.5. The van der Waals surface area contributed by atoms with Crippen LogP contribution in [0.2, 0.25) is 0 Å². The molecule has 0 aromatic carbocycles. The van der Waals surface area contributed by atoms with Gasteiger partial charge in [-0.25, -0.2) is 8.42 Å². The van der Waals surface area contributed by atoms with E-state index in [2.05, 4.69) is 20.5 Å². The van der Waals surface area contributed by atoms with E-state index in [0.29, 0.717) is 12.5 Å². The Balaban J connectivity index is 0.00000576. The van der Waals surface area contributed by atoms with Gasteiger partial charge in [0, 0.05) is 20.1 Å². The molecule has 1 rings (SSSR count). The molecule has 0 aromatic rings. The SMILES string of the molecule is CN=C(NCCCN1CCCCCC1)NCCS(=O)(=O)C(C)(C)C.I. The molecule has 1 aliphatic heterocycles. The van der Waals surface area contributed by atoms with Gasteiger partial charge in [-0.2, -0.15) is 0 Å². The third kappa shape index (κ3) is 9.98. The summed E-state index contributed by atoms with van der Waals surface area (Å²) in [6, 6.07) is 0. The Hall–Kier alpha value is -0.0900. The van der Waals surface area contributed by atoms with Crippen LogP contribution < -0.4 is 10.6 Å². The van der Waals surface area contributed by atoms with Crippen molar-refractivity contribution in [3.05, 3.63) is 0 Å². The zero-order valence-electron chi connectivity index (χ0n) is 16.3. The molecular weight excluding hydrogens is 451 g/mol. The van der Waals surface area contributed by atoms with E-state index in [0.717, 1.165) is 19.5 Å². The summed E-state index contributed by atoms with van der Waals surface area (Å²) in [4.78, 5) is 6.70. The Morgan fingerprint density at radius 2 is 1.60 bits per heavy atom. The molecule has 0 spiro atoms. The lowest BCUT2D eigenvalue weighted by Gasteiger charge is -2.21. The van der Waals surface area contributed by atoms with Crippen LogP contribution >= 0.6 is 24.0 Å². The minimum Gasteiger partial charge on any atom is -0.356 e. The third-order valence-corrected chi connectivity index (χ3v) is 7.07. The van der Waals surface area contributed by atoms with Crippen molar-refractivity contribution >= 4 is 39.8 Å². The van der Waals surface area contributed by atoms with Crippen molar-refractivity contribution < 1.29 is 8.42 Å². The summed E-state index contributed by atoms with van der Waals surface area (Å²) in [5, 5.41) is 6.36. The van der Waals surface area contributed by atoms with Gasteiger partial charge in [0.05, 0.1) is 10.5 Å². The smallest absolute Gasteiger partial charge is 0.191 e. The first-order chi connectivity index (χ1) is 11.3. The second kappa shape index (κ2) is 12.3. The fraction of sp³-hybridized carbons (Fsp3) is 0.941. The Labute approximate surface area is 171 Å². The normalized spacial score (nSPS) is 17.5. The highest BCUT2D eigenvalue weighted by atomic mass is 127. The van der Waals surface area contributed by atoms with Gasteiger partial charge < -0.3 is 15.5 Å². The van der Waals surface area contributed by atoms with Crippen molar-refractivity contribution in [3.8, 4) is 0 Å². The summed E-state index contributed by atoms with van der Waals surface area (Å²) in [5.74, 6) is 0.792. The lowest BCUT2D eigenvalue weighted by molar-refractivity contribution is 0.282. The Kier molecular flexibility index (Phi) is 12.3. The molecule has 2 N–H and O–H groups in total. The first-order valence-electron chi connectivity index (χ1n) is 9.15. The Bertz CT molecular complexity index is 481. The van der Waals surface area contributed by atoms with Gasteiger partial charge in [-0.05, 0) is 59.7 Å². The molecule has 25 heavy (non-hydrogen) atoms. The van der Waals surface area contributed by atoms with Crippen LogP contribution in [-0.4, -0.2) is 69.5 Å². The molecule has 8 heteroatoms. The van der Waals surface area contributed by atoms with E-state index >= 15 is 0 Å². The maximum atomic E-state index is 12.1. The fourth-order valence-electron chi connectivity index (χ4n) is 2.70. The molecule has 1 aliphatic rings. The van der Waals surface area contributed by atoms with Crippen LogP contribution in [0.5, 0.6) is 0 Å². The van der Waals surface area contributed by atoms with Gasteiger partial charge in [0.25, 0.3) is 0 Å². The van der Waals surface area contributed by atoms with Crippen LogP contribution in [0.1, 0.15) is 52.9 Å². The third-order valence-electron chi connectivity index (χ3n) is 4.46. The standard InChI is InChI=1S/C17H36N4O2S.HI/c1-17(2,3)24(22,23)15-11-20-16(18-4)19-10-9-14-21-12-7-5-6-8-13-21;/h5-15H2,1-4H3,(H2,18,19,20);1H. The largest absolute Gasteiger partial charge is 0.356 e. The summed E-state index contributed by atoms with van der Waals surface area (Å²) >= 11 is 0. The van der Waals surface area contributed by atoms with Crippen molar-refractivity contribution in [1.29, 1.82) is 0 Å². The second-order valence-electron chi connectivity index (χ2n) is 7.47. The number of rotatable bonds is 7. The van der Waals surface area contributed by atoms with E-state index in [4.69, 9.17) is 0 Å². The molecule has 0 radical (unpaired) electrons. The van der Waals surface area contributed by atoms with E-state index in [1.54, 1.807) is 27.8 Å². The van der Waals surface area contributed by atoms with E-state index in [-0.39, 0.29) is 29.7 Å². The number of nitrogens with one attached hydrogen (secondary N) is 2. The number of hydrogen-bond donors (Lipinski definition) is 2. The highest BCUT2D eigenvalue weighted by Crippen LogP contribution is 2.15. The quantitative estimate of drug-likeness (QED) is 0.249. The molecular formula is C17H37IN4O2S. The molecule has 0 atom stereocenters. The Morgan fingerprint density at radius 3 is 2.12 bits per heavy atom. The molecule has 0 bridgehead atoms. The molecule has 1 saturated heterocycles. The van der Waals surface area contributed by atoms with Crippen molar-refractivity contribution in [2.75, 3.05) is 45.5 Å². The number of sulfone groups is 1. The molecule has 1 heterocycles. The van der Waals surface area contributed by atoms with E-state index < -0.39 is 14.6 Å². The summed E-state index contributed by atoms with van der Waals surface area (Å²) < 4.78 is 23.4. The summed E-state index contributed by atoms with van der Waals surface area (Å²) in [7, 11) is -1.39. The van der Waals surface area contributed by atoms with E-state index in [1.165, 1.54) is 38.8 Å². The van der Waals surface area contributed by atoms with E-state index in [9.17, 15) is 8.42 Å². The number of nitrogens with zero attached hydrogens (tertiary/aromatic N) is 2. The van der Waals surface area contributed by atoms with Crippen LogP contribution in [-0.2, 0) is 9.84 Å². The number of aliphatic imine (C=N–C) groups is 1. The number of likely N-dealkylation sites (tertiary alicyclic amines) is 1. The topological polar surface area (TPSA) is 73.8 Å². The van der Waals surface area contributed by atoms with Crippen LogP contribution in [0.15, 0.2) is 4.99 Å². The first-order valence-corrected chi connectivity index (χ1v) is 10.8. The number of guanidine groups is 1. The molecule has 0 saturated carbocycles. The van der Waals surface area contributed by atoms with Gasteiger partial charge in [0.1, 0.15) is 0 Å². The molecule has 150 valence electrons. The van der Waals surface area contributed by atoms with Crippen LogP contribution in [0, 0.1) is 0 Å². The molecule has 0 aliphatic carbocycles. The van der Waals surface area contributed by atoms with E-state index in [1.807, 2.05) is 0 Å². The summed E-state index contributed by atoms with van der Waals surface area (Å²) in [6.07, 6.45) is 6.43. The molecule has 0 aromatic heterocycles. The zero-order chi connectivity index (χ0) is 18.1. The highest BCUT2D eigenvalue weighted by molar-refractivity contribution is 14.0. The van der Waals surface area contributed by atoms with Gasteiger partial charge in [-0.1, -0.05) is 12.8 Å². The van der Waals surface area contributed by atoms with Crippen LogP contribution in [0.3, 0.4) is 0 Å². The number of hydrogen-bond acceptors (Lipinski definition) is 4. The van der Waals surface area contributed by atoms with Gasteiger partial charge in [0.15, 0.2) is 15.8 Å². The van der Waals surface area contributed by atoms with Gasteiger partial charge in [-0.15, -0.1) is 24.0 Å². The predicted molar refractivity (Wildman–Crippen MR) is 118 cm³/mol. The van der Waals surface area contributed by atoms with Crippen molar-refractivity contribution in [2.45, 2.75) is 57.6 Å². The minimum absolute atomic E-state index is 0. The fourth-order valence-corrected chi connectivity index (χ4v) is 3.68. The summed E-state index contributed by atoms with van der Waals surface area (Å²) in [5.41, 5.74) is 0. The maximum Gasteiger partial charge on any atom is 0.191 e. The molecule has 0 amide bonds. The van der Waals surface area contributed by atoms with Crippen molar-refractivity contribution in [1.82, 2.24) is 15.5 Å². The monoisotopic (exact) mass is 488 g/mol. The average molecular weight is 488 g/mol. The average Bonchev–Trinajstić information content (AvgIpc) is 2.77. The van der Waals surface area contributed by atoms with Crippen LogP contribution in [0.25, 0.3) is 0 Å². The second-order valence-corrected chi connectivity index (χ2v) is 10.3. The highest BCUT2D eigenvalue weighted by Gasteiger charge is 2.28. The van der Waals surface area contributed by atoms with Crippen molar-refractivity contribution in [2.24, 2.45) is 4.99 Å². The number of halogens is 1. The molecule has 0 unspecified atom stereocenters. The first kappa shape index (κ1) is 24.9. The van der Waals surface area contributed by atoms with Gasteiger partial charge in [0.2, 0.25) is 0 Å². The Morgan fingerprint density at radius 1 is 1.04 bits per heavy atom. The lowest BCUT2D eigenvalue weighted by Crippen LogP contribution is -2.42. The minimum atomic E-state index is -3.10. The van der Waals surface area contributed by atoms with Crippen molar-refractivity contribution in [3.63, 3.8) is 0 Å².